The monoisotopic (exact) mass is 281 g/mol. The Morgan fingerprint density at radius 1 is 1.35 bits per heavy atom. The van der Waals surface area contributed by atoms with Gasteiger partial charge in [-0.15, -0.1) is 0 Å². The van der Waals surface area contributed by atoms with E-state index in [0.717, 1.165) is 25.3 Å². The summed E-state index contributed by atoms with van der Waals surface area (Å²) >= 11 is 0. The van der Waals surface area contributed by atoms with Crippen molar-refractivity contribution >= 4 is 0 Å². The summed E-state index contributed by atoms with van der Waals surface area (Å²) in [5.74, 6) is 0. The summed E-state index contributed by atoms with van der Waals surface area (Å²) in [5.41, 5.74) is 2.47. The number of ether oxygens (including phenoxy) is 1. The van der Waals surface area contributed by atoms with Crippen LogP contribution in [0.3, 0.4) is 0 Å². The predicted molar refractivity (Wildman–Crippen MR) is 84.1 cm³/mol. The molecule has 1 heterocycles. The zero-order valence-corrected chi connectivity index (χ0v) is 14.2. The molecule has 4 heteroatoms. The lowest BCUT2D eigenvalue weighted by Gasteiger charge is -2.36. The molecule has 0 radical (unpaired) electrons. The maximum absolute atomic E-state index is 6.02. The molecule has 1 N–H and O–H groups in total. The molecular formula is C16H31N3O. The Balaban J connectivity index is 2.93. The highest BCUT2D eigenvalue weighted by atomic mass is 16.5. The summed E-state index contributed by atoms with van der Waals surface area (Å²) in [5, 5.41) is 7.97. The number of nitrogens with one attached hydrogen (secondary N) is 1. The van der Waals surface area contributed by atoms with Crippen molar-refractivity contribution in [1.29, 1.82) is 0 Å². The van der Waals surface area contributed by atoms with E-state index in [1.54, 1.807) is 0 Å². The van der Waals surface area contributed by atoms with E-state index in [1.807, 2.05) is 14.0 Å². The fraction of sp³-hybridized carbons (Fsp3) is 0.812. The molecule has 20 heavy (non-hydrogen) atoms. The third kappa shape index (κ3) is 4.32. The van der Waals surface area contributed by atoms with E-state index in [9.17, 15) is 0 Å². The molecular weight excluding hydrogens is 250 g/mol. The van der Waals surface area contributed by atoms with Gasteiger partial charge in [0.2, 0.25) is 0 Å². The maximum atomic E-state index is 6.02. The van der Waals surface area contributed by atoms with Crippen molar-refractivity contribution in [1.82, 2.24) is 15.1 Å². The standard InChI is InChI=1S/C16H31N3O/c1-8-19-13(10-12(3)18-19)11-14(17-7)15(20-9-2)16(4,5)6/h10,14-15,17H,8-9,11H2,1-7H3. The minimum Gasteiger partial charge on any atom is -0.376 e. The molecule has 0 aliphatic rings. The van der Waals surface area contributed by atoms with Gasteiger partial charge in [-0.3, -0.25) is 4.68 Å². The topological polar surface area (TPSA) is 39.1 Å². The molecule has 0 aliphatic heterocycles. The maximum Gasteiger partial charge on any atom is 0.0779 e. The van der Waals surface area contributed by atoms with Gasteiger partial charge in [-0.1, -0.05) is 20.8 Å². The first-order valence-electron chi connectivity index (χ1n) is 7.65. The van der Waals surface area contributed by atoms with Gasteiger partial charge in [-0.05, 0) is 39.3 Å². The van der Waals surface area contributed by atoms with E-state index in [0.29, 0.717) is 0 Å². The van der Waals surface area contributed by atoms with Gasteiger partial charge in [0.15, 0.2) is 0 Å². The van der Waals surface area contributed by atoms with E-state index in [4.69, 9.17) is 4.74 Å². The van der Waals surface area contributed by atoms with Crippen molar-refractivity contribution < 1.29 is 4.74 Å². The molecule has 2 unspecified atom stereocenters. The van der Waals surface area contributed by atoms with Gasteiger partial charge in [0.05, 0.1) is 11.8 Å². The molecule has 4 nitrogen and oxygen atoms in total. The van der Waals surface area contributed by atoms with E-state index in [1.165, 1.54) is 5.69 Å². The summed E-state index contributed by atoms with van der Waals surface area (Å²) in [4.78, 5) is 0. The molecule has 0 amide bonds. The fourth-order valence-corrected chi connectivity index (χ4v) is 2.77. The normalized spacial score (nSPS) is 15.3. The summed E-state index contributed by atoms with van der Waals surface area (Å²) in [6.45, 7) is 14.6. The molecule has 0 fully saturated rings. The molecule has 0 aliphatic carbocycles. The molecule has 1 aromatic heterocycles. The number of aryl methyl sites for hydroxylation is 2. The van der Waals surface area contributed by atoms with Crippen molar-refractivity contribution in [3.63, 3.8) is 0 Å². The van der Waals surface area contributed by atoms with E-state index < -0.39 is 0 Å². The minimum atomic E-state index is 0.107. The first-order valence-corrected chi connectivity index (χ1v) is 7.65. The first-order chi connectivity index (χ1) is 9.33. The number of rotatable bonds is 7. The Morgan fingerprint density at radius 3 is 2.45 bits per heavy atom. The van der Waals surface area contributed by atoms with Crippen LogP contribution in [0.4, 0.5) is 0 Å². The number of hydrogen-bond donors (Lipinski definition) is 1. The van der Waals surface area contributed by atoms with Crippen LogP contribution in [0, 0.1) is 12.3 Å². The Bertz CT molecular complexity index is 406. The SMILES string of the molecule is CCOC(C(Cc1cc(C)nn1CC)NC)C(C)(C)C. The molecule has 0 bridgehead atoms. The Kier molecular flexibility index (Phi) is 6.21. The van der Waals surface area contributed by atoms with Crippen LogP contribution in [0.15, 0.2) is 6.07 Å². The summed E-state index contributed by atoms with van der Waals surface area (Å²) < 4.78 is 8.11. The van der Waals surface area contributed by atoms with Gasteiger partial charge < -0.3 is 10.1 Å². The Hall–Kier alpha value is -0.870. The van der Waals surface area contributed by atoms with E-state index >= 15 is 0 Å². The largest absolute Gasteiger partial charge is 0.376 e. The van der Waals surface area contributed by atoms with Crippen LogP contribution in [0.25, 0.3) is 0 Å². The van der Waals surface area contributed by atoms with Crippen molar-refractivity contribution in [2.75, 3.05) is 13.7 Å². The van der Waals surface area contributed by atoms with Crippen molar-refractivity contribution in [2.24, 2.45) is 5.41 Å². The fourth-order valence-electron chi connectivity index (χ4n) is 2.77. The summed E-state index contributed by atoms with van der Waals surface area (Å²) in [6, 6.07) is 2.47. The molecule has 2 atom stereocenters. The van der Waals surface area contributed by atoms with Crippen molar-refractivity contribution in [2.45, 2.75) is 66.7 Å². The molecule has 1 rings (SSSR count). The second-order valence-electron chi connectivity index (χ2n) is 6.43. The number of aromatic nitrogens is 2. The zero-order chi connectivity index (χ0) is 15.3. The summed E-state index contributed by atoms with van der Waals surface area (Å²) in [6.07, 6.45) is 1.12. The highest BCUT2D eigenvalue weighted by Gasteiger charge is 2.32. The van der Waals surface area contributed by atoms with Crippen LogP contribution in [0.1, 0.15) is 46.0 Å². The molecule has 0 aromatic carbocycles. The van der Waals surface area contributed by atoms with Gasteiger partial charge in [0.1, 0.15) is 0 Å². The predicted octanol–water partition coefficient (Wildman–Crippen LogP) is 2.79. The lowest BCUT2D eigenvalue weighted by Crippen LogP contribution is -2.48. The van der Waals surface area contributed by atoms with Crippen LogP contribution < -0.4 is 5.32 Å². The lowest BCUT2D eigenvalue weighted by molar-refractivity contribution is -0.0344. The van der Waals surface area contributed by atoms with Gasteiger partial charge >= 0.3 is 0 Å². The summed E-state index contributed by atoms with van der Waals surface area (Å²) in [7, 11) is 2.02. The molecule has 0 saturated carbocycles. The van der Waals surface area contributed by atoms with Crippen LogP contribution in [-0.4, -0.2) is 35.6 Å². The second kappa shape index (κ2) is 7.23. The molecule has 0 saturated heterocycles. The smallest absolute Gasteiger partial charge is 0.0779 e. The minimum absolute atomic E-state index is 0.107. The average Bonchev–Trinajstić information content (AvgIpc) is 2.72. The Morgan fingerprint density at radius 2 is 2.00 bits per heavy atom. The third-order valence-corrected chi connectivity index (χ3v) is 3.65. The van der Waals surface area contributed by atoms with Crippen molar-refractivity contribution in [3.8, 4) is 0 Å². The van der Waals surface area contributed by atoms with Gasteiger partial charge in [-0.2, -0.15) is 5.10 Å². The third-order valence-electron chi connectivity index (χ3n) is 3.65. The van der Waals surface area contributed by atoms with Gasteiger partial charge in [-0.25, -0.2) is 0 Å². The Labute approximate surface area is 123 Å². The second-order valence-corrected chi connectivity index (χ2v) is 6.43. The first kappa shape index (κ1) is 17.2. The van der Waals surface area contributed by atoms with Crippen LogP contribution in [-0.2, 0) is 17.7 Å². The zero-order valence-electron chi connectivity index (χ0n) is 14.2. The highest BCUT2D eigenvalue weighted by molar-refractivity contribution is 5.11. The van der Waals surface area contributed by atoms with Crippen LogP contribution >= 0.6 is 0 Å². The van der Waals surface area contributed by atoms with E-state index in [2.05, 4.69) is 55.8 Å². The van der Waals surface area contributed by atoms with Crippen molar-refractivity contribution in [3.05, 3.63) is 17.5 Å². The molecule has 1 aromatic rings. The number of nitrogens with zero attached hydrogens (tertiary/aromatic N) is 2. The molecule has 116 valence electrons. The highest BCUT2D eigenvalue weighted by Crippen LogP contribution is 2.26. The van der Waals surface area contributed by atoms with Gasteiger partial charge in [0, 0.05) is 31.3 Å². The van der Waals surface area contributed by atoms with Gasteiger partial charge in [0.25, 0.3) is 0 Å². The number of likely N-dealkylation sites (N-methyl/N-ethyl adjacent to an activating group) is 1. The molecule has 0 spiro atoms. The number of hydrogen-bond acceptors (Lipinski definition) is 3. The van der Waals surface area contributed by atoms with Crippen LogP contribution in [0.5, 0.6) is 0 Å². The van der Waals surface area contributed by atoms with Crippen LogP contribution in [0.2, 0.25) is 0 Å². The van der Waals surface area contributed by atoms with E-state index in [-0.39, 0.29) is 17.6 Å². The average molecular weight is 281 g/mol. The lowest BCUT2D eigenvalue weighted by atomic mass is 9.83. The quantitative estimate of drug-likeness (QED) is 0.835.